The van der Waals surface area contributed by atoms with Crippen molar-refractivity contribution in [1.29, 1.82) is 0 Å². The smallest absolute Gasteiger partial charge is 0.380 e. The Morgan fingerprint density at radius 3 is 2.47 bits per heavy atom. The van der Waals surface area contributed by atoms with Crippen molar-refractivity contribution in [2.24, 2.45) is 0 Å². The Morgan fingerprint density at radius 1 is 1.29 bits per heavy atom. The van der Waals surface area contributed by atoms with Gasteiger partial charge < -0.3 is 4.74 Å². The number of ether oxygens (including phenoxy) is 1. The fourth-order valence-corrected chi connectivity index (χ4v) is 3.13. The van der Waals surface area contributed by atoms with Gasteiger partial charge >= 0.3 is 13.8 Å². The number of benzene rings is 1. The lowest BCUT2D eigenvalue weighted by molar-refractivity contribution is -0.143. The topological polar surface area (TPSA) is 43.4 Å². The Labute approximate surface area is 103 Å². The van der Waals surface area contributed by atoms with Crippen molar-refractivity contribution in [1.82, 2.24) is 0 Å². The lowest BCUT2D eigenvalue weighted by Gasteiger charge is -2.04. The molecule has 0 amide bonds. The summed E-state index contributed by atoms with van der Waals surface area (Å²) >= 11 is 0. The van der Waals surface area contributed by atoms with Crippen LogP contribution in [-0.2, 0) is 14.1 Å². The van der Waals surface area contributed by atoms with Gasteiger partial charge in [0, 0.05) is 0 Å². The van der Waals surface area contributed by atoms with Crippen molar-refractivity contribution in [3.63, 3.8) is 0 Å². The van der Waals surface area contributed by atoms with Gasteiger partial charge in [0.25, 0.3) is 0 Å². The zero-order valence-electron chi connectivity index (χ0n) is 10.3. The van der Waals surface area contributed by atoms with E-state index in [1.54, 1.807) is 6.92 Å². The number of hydrogen-bond acceptors (Lipinski definition) is 3. The molecule has 3 nitrogen and oxygen atoms in total. The maximum Gasteiger partial charge on any atom is 0.380 e. The third-order valence-corrected chi connectivity index (χ3v) is 4.54. The second-order valence-electron chi connectivity index (χ2n) is 3.73. The van der Waals surface area contributed by atoms with Crippen molar-refractivity contribution < 1.29 is 14.1 Å². The summed E-state index contributed by atoms with van der Waals surface area (Å²) in [6, 6.07) is 9.29. The van der Waals surface area contributed by atoms with E-state index < -0.39 is 7.80 Å². The number of esters is 1. The second-order valence-corrected chi connectivity index (χ2v) is 5.63. The third kappa shape index (κ3) is 4.27. The largest absolute Gasteiger partial charge is 0.466 e. The summed E-state index contributed by atoms with van der Waals surface area (Å²) < 4.78 is 17.1. The molecule has 1 aromatic carbocycles. The molecule has 0 spiro atoms. The van der Waals surface area contributed by atoms with Gasteiger partial charge in [0.15, 0.2) is 11.0 Å². The van der Waals surface area contributed by atoms with Gasteiger partial charge in [0.05, 0.1) is 13.0 Å². The average Bonchev–Trinajstić information content (AvgIpc) is 2.36. The summed E-state index contributed by atoms with van der Waals surface area (Å²) in [6.45, 7) is 4.09. The van der Waals surface area contributed by atoms with E-state index >= 15 is 0 Å². The molecule has 0 bridgehead atoms. The first-order valence-corrected chi connectivity index (χ1v) is 7.19. The van der Waals surface area contributed by atoms with Gasteiger partial charge in [-0.25, -0.2) is 0 Å². The quantitative estimate of drug-likeness (QED) is 0.578. The minimum Gasteiger partial charge on any atom is -0.466 e. The first-order chi connectivity index (χ1) is 8.19. The predicted molar refractivity (Wildman–Crippen MR) is 69.0 cm³/mol. The summed E-state index contributed by atoms with van der Waals surface area (Å²) in [5.74, 6) is -0.265. The van der Waals surface area contributed by atoms with E-state index in [0.717, 1.165) is 5.30 Å². The lowest BCUT2D eigenvalue weighted by atomic mass is 10.2. The van der Waals surface area contributed by atoms with E-state index in [4.69, 9.17) is 4.74 Å². The molecule has 0 radical (unpaired) electrons. The van der Waals surface area contributed by atoms with Crippen LogP contribution in [-0.4, -0.2) is 18.2 Å². The average molecular weight is 253 g/mol. The molecule has 0 heterocycles. The molecule has 0 aliphatic carbocycles. The van der Waals surface area contributed by atoms with Gasteiger partial charge in [-0.2, -0.15) is 0 Å². The summed E-state index contributed by atoms with van der Waals surface area (Å²) in [6.07, 6.45) is 0.942. The molecule has 0 saturated heterocycles. The van der Waals surface area contributed by atoms with Crippen LogP contribution >= 0.6 is 7.80 Å². The van der Waals surface area contributed by atoms with E-state index in [-0.39, 0.29) is 18.0 Å². The van der Waals surface area contributed by atoms with Crippen molar-refractivity contribution in [3.8, 4) is 0 Å². The van der Waals surface area contributed by atoms with Crippen LogP contribution in [0.25, 0.3) is 0 Å². The molecule has 2 unspecified atom stereocenters. The van der Waals surface area contributed by atoms with Crippen LogP contribution in [0.1, 0.15) is 26.7 Å². The Bertz CT molecular complexity index is 376. The van der Waals surface area contributed by atoms with Crippen molar-refractivity contribution in [3.05, 3.63) is 30.3 Å². The van der Waals surface area contributed by atoms with Crippen LogP contribution in [0.4, 0.5) is 0 Å². The summed E-state index contributed by atoms with van der Waals surface area (Å²) in [4.78, 5) is 11.4. The predicted octanol–water partition coefficient (Wildman–Crippen LogP) is 2.87. The Hall–Kier alpha value is -1.21. The monoisotopic (exact) mass is 253 g/mol. The zero-order chi connectivity index (χ0) is 12.7. The van der Waals surface area contributed by atoms with Crippen LogP contribution < -0.4 is 5.30 Å². The highest BCUT2D eigenvalue weighted by atomic mass is 31.1. The third-order valence-electron chi connectivity index (χ3n) is 2.52. The molecular formula is C13H18O3P+. The van der Waals surface area contributed by atoms with Gasteiger partial charge in [-0.05, 0) is 25.5 Å². The number of carbonyl (C=O) groups is 1. The SMILES string of the molecule is CCOC(=O)CC(CC)[P+](=O)c1ccccc1. The molecule has 4 heteroatoms. The fraction of sp³-hybridized carbons (Fsp3) is 0.462. The van der Waals surface area contributed by atoms with E-state index in [9.17, 15) is 9.36 Å². The highest BCUT2D eigenvalue weighted by molar-refractivity contribution is 7.54. The molecule has 0 aliphatic heterocycles. The highest BCUT2D eigenvalue weighted by Gasteiger charge is 2.33. The first-order valence-electron chi connectivity index (χ1n) is 5.86. The van der Waals surface area contributed by atoms with Crippen LogP contribution in [0.15, 0.2) is 30.3 Å². The minimum absolute atomic E-state index is 0.133. The van der Waals surface area contributed by atoms with Gasteiger partial charge in [-0.3, -0.25) is 4.79 Å². The normalized spacial score (nSPS) is 12.9. The van der Waals surface area contributed by atoms with Crippen LogP contribution in [0.3, 0.4) is 0 Å². The van der Waals surface area contributed by atoms with Gasteiger partial charge in [0.2, 0.25) is 0 Å². The summed E-state index contributed by atoms with van der Waals surface area (Å²) in [7, 11) is -1.53. The van der Waals surface area contributed by atoms with Gasteiger partial charge in [-0.1, -0.05) is 29.7 Å². The Kier molecular flexibility index (Phi) is 5.85. The van der Waals surface area contributed by atoms with E-state index in [1.807, 2.05) is 37.3 Å². The zero-order valence-corrected chi connectivity index (χ0v) is 11.2. The number of rotatable bonds is 6. The van der Waals surface area contributed by atoms with E-state index in [2.05, 4.69) is 0 Å². The molecule has 17 heavy (non-hydrogen) atoms. The Morgan fingerprint density at radius 2 is 1.94 bits per heavy atom. The summed E-state index contributed by atoms with van der Waals surface area (Å²) in [5.41, 5.74) is -0.133. The van der Waals surface area contributed by atoms with E-state index in [1.165, 1.54) is 0 Å². The maximum atomic E-state index is 12.3. The lowest BCUT2D eigenvalue weighted by Crippen LogP contribution is -2.15. The highest BCUT2D eigenvalue weighted by Crippen LogP contribution is 2.32. The van der Waals surface area contributed by atoms with Crippen LogP contribution in [0.2, 0.25) is 0 Å². The van der Waals surface area contributed by atoms with Crippen molar-refractivity contribution >= 4 is 19.1 Å². The van der Waals surface area contributed by atoms with Gasteiger partial charge in [0.1, 0.15) is 0 Å². The molecule has 0 N–H and O–H groups in total. The van der Waals surface area contributed by atoms with Gasteiger partial charge in [-0.15, -0.1) is 0 Å². The molecule has 2 atom stereocenters. The van der Waals surface area contributed by atoms with Crippen LogP contribution in [0.5, 0.6) is 0 Å². The molecule has 1 aromatic rings. The molecule has 0 aromatic heterocycles. The Balaban J connectivity index is 2.68. The summed E-state index contributed by atoms with van der Waals surface area (Å²) in [5, 5.41) is 0.804. The molecular weight excluding hydrogens is 235 g/mol. The standard InChI is InChI=1S/C13H18O3P/c1-3-11(10-13(14)16-4-2)17(15)12-8-6-5-7-9-12/h5-9,11H,3-4,10H2,1-2H3/q+1. The molecule has 0 fully saturated rings. The number of hydrogen-bond donors (Lipinski definition) is 0. The second kappa shape index (κ2) is 7.18. The maximum absolute atomic E-state index is 12.3. The number of carbonyl (C=O) groups excluding carboxylic acids is 1. The van der Waals surface area contributed by atoms with Crippen LogP contribution in [0, 0.1) is 0 Å². The molecule has 1 rings (SSSR count). The van der Waals surface area contributed by atoms with Crippen molar-refractivity contribution in [2.75, 3.05) is 6.61 Å². The minimum atomic E-state index is -1.53. The fourth-order valence-electron chi connectivity index (χ4n) is 1.59. The first kappa shape index (κ1) is 13.9. The molecule has 0 saturated carbocycles. The van der Waals surface area contributed by atoms with Crippen molar-refractivity contribution in [2.45, 2.75) is 32.3 Å². The molecule has 92 valence electrons. The molecule has 0 aliphatic rings. The van der Waals surface area contributed by atoms with E-state index in [0.29, 0.717) is 13.0 Å².